The first-order valence-corrected chi connectivity index (χ1v) is 6.36. The summed E-state index contributed by atoms with van der Waals surface area (Å²) in [5.41, 5.74) is -0.270. The van der Waals surface area contributed by atoms with Crippen molar-refractivity contribution in [3.05, 3.63) is 0 Å². The average Bonchev–Trinajstić information content (AvgIpc) is 2.24. The summed E-state index contributed by atoms with van der Waals surface area (Å²) < 4.78 is 15.9. The van der Waals surface area contributed by atoms with Crippen LogP contribution in [0.4, 0.5) is 0 Å². The van der Waals surface area contributed by atoms with Crippen LogP contribution < -0.4 is 0 Å². The first-order chi connectivity index (χ1) is 8.08. The van der Waals surface area contributed by atoms with Crippen molar-refractivity contribution in [3.63, 3.8) is 0 Å². The molecule has 1 aliphatic rings. The fourth-order valence-corrected chi connectivity index (χ4v) is 1.91. The highest BCUT2D eigenvalue weighted by atomic mass is 16.5. The highest BCUT2D eigenvalue weighted by Crippen LogP contribution is 2.38. The van der Waals surface area contributed by atoms with E-state index in [-0.39, 0.29) is 11.6 Å². The molecule has 17 heavy (non-hydrogen) atoms. The molecule has 0 amide bonds. The van der Waals surface area contributed by atoms with Gasteiger partial charge < -0.3 is 14.2 Å². The van der Waals surface area contributed by atoms with Gasteiger partial charge in [-0.15, -0.1) is 0 Å². The van der Waals surface area contributed by atoms with Crippen LogP contribution >= 0.6 is 0 Å². The molecule has 1 aliphatic carbocycles. The van der Waals surface area contributed by atoms with E-state index in [2.05, 4.69) is 13.8 Å². The normalized spacial score (nSPS) is 17.9. The summed E-state index contributed by atoms with van der Waals surface area (Å²) in [5.74, 6) is 0.357. The van der Waals surface area contributed by atoms with Crippen LogP contribution in [0, 0.1) is 5.92 Å². The lowest BCUT2D eigenvalue weighted by Crippen LogP contribution is -2.43. The minimum absolute atomic E-state index is 0.187. The van der Waals surface area contributed by atoms with Crippen molar-refractivity contribution < 1.29 is 19.0 Å². The topological polar surface area (TPSA) is 44.8 Å². The third-order valence-corrected chi connectivity index (χ3v) is 3.05. The van der Waals surface area contributed by atoms with Crippen LogP contribution in [0.2, 0.25) is 0 Å². The quantitative estimate of drug-likeness (QED) is 0.485. The Morgan fingerprint density at radius 2 is 2.00 bits per heavy atom. The maximum Gasteiger partial charge on any atom is 0.308 e. The van der Waals surface area contributed by atoms with E-state index in [4.69, 9.17) is 14.2 Å². The predicted molar refractivity (Wildman–Crippen MR) is 64.8 cm³/mol. The number of ether oxygens (including phenoxy) is 3. The Hall–Kier alpha value is -0.610. The minimum Gasteiger partial charge on any atom is -0.469 e. The zero-order valence-corrected chi connectivity index (χ0v) is 11.2. The molecule has 0 aromatic carbocycles. The summed E-state index contributed by atoms with van der Waals surface area (Å²) in [6.07, 6.45) is 3.40. The van der Waals surface area contributed by atoms with E-state index in [1.165, 1.54) is 7.11 Å². The van der Waals surface area contributed by atoms with Crippen molar-refractivity contribution in [2.24, 2.45) is 5.92 Å². The van der Waals surface area contributed by atoms with Gasteiger partial charge in [0.05, 0.1) is 32.3 Å². The summed E-state index contributed by atoms with van der Waals surface area (Å²) in [7, 11) is 1.42. The van der Waals surface area contributed by atoms with Crippen LogP contribution in [0.15, 0.2) is 0 Å². The molecular formula is C13H24O4. The summed E-state index contributed by atoms with van der Waals surface area (Å²) in [5, 5.41) is 0. The van der Waals surface area contributed by atoms with E-state index in [0.29, 0.717) is 25.6 Å². The summed E-state index contributed by atoms with van der Waals surface area (Å²) >= 11 is 0. The highest BCUT2D eigenvalue weighted by molar-refractivity contribution is 5.70. The molecule has 0 aromatic rings. The van der Waals surface area contributed by atoms with Crippen LogP contribution in [0.3, 0.4) is 0 Å². The van der Waals surface area contributed by atoms with Crippen molar-refractivity contribution in [1.29, 1.82) is 0 Å². The minimum atomic E-state index is -0.270. The molecule has 0 aliphatic heterocycles. The molecule has 1 rings (SSSR count). The molecule has 4 nitrogen and oxygen atoms in total. The molecule has 0 radical (unpaired) electrons. The molecule has 0 saturated heterocycles. The average molecular weight is 244 g/mol. The predicted octanol–water partition coefficient (Wildman–Crippen LogP) is 2.16. The molecule has 100 valence electrons. The van der Waals surface area contributed by atoms with Crippen molar-refractivity contribution in [2.45, 2.75) is 45.1 Å². The maximum absolute atomic E-state index is 11.3. The van der Waals surface area contributed by atoms with Crippen molar-refractivity contribution >= 4 is 5.97 Å². The first-order valence-electron chi connectivity index (χ1n) is 6.36. The van der Waals surface area contributed by atoms with Crippen molar-refractivity contribution in [1.82, 2.24) is 0 Å². The van der Waals surface area contributed by atoms with Gasteiger partial charge in [0.15, 0.2) is 0 Å². The second-order valence-electron chi connectivity index (χ2n) is 5.11. The molecule has 0 atom stereocenters. The smallest absolute Gasteiger partial charge is 0.308 e. The Bertz CT molecular complexity index is 234. The van der Waals surface area contributed by atoms with Gasteiger partial charge in [-0.25, -0.2) is 0 Å². The Morgan fingerprint density at radius 1 is 1.29 bits per heavy atom. The van der Waals surface area contributed by atoms with Crippen LogP contribution in [-0.2, 0) is 19.0 Å². The summed E-state index contributed by atoms with van der Waals surface area (Å²) in [4.78, 5) is 11.3. The number of carbonyl (C=O) groups is 1. The maximum atomic E-state index is 11.3. The van der Waals surface area contributed by atoms with Gasteiger partial charge in [-0.2, -0.15) is 0 Å². The van der Waals surface area contributed by atoms with Crippen molar-refractivity contribution in [2.75, 3.05) is 26.9 Å². The van der Waals surface area contributed by atoms with E-state index in [9.17, 15) is 4.79 Å². The van der Waals surface area contributed by atoms with Crippen molar-refractivity contribution in [3.8, 4) is 0 Å². The molecule has 0 N–H and O–H groups in total. The van der Waals surface area contributed by atoms with E-state index >= 15 is 0 Å². The molecule has 1 fully saturated rings. The molecule has 0 heterocycles. The first kappa shape index (κ1) is 14.5. The summed E-state index contributed by atoms with van der Waals surface area (Å²) in [6.45, 7) is 6.15. The fourth-order valence-electron chi connectivity index (χ4n) is 1.91. The largest absolute Gasteiger partial charge is 0.469 e. The Morgan fingerprint density at radius 3 is 2.47 bits per heavy atom. The lowest BCUT2D eigenvalue weighted by atomic mass is 9.77. The molecular weight excluding hydrogens is 220 g/mol. The van der Waals surface area contributed by atoms with Gasteiger partial charge in [0.25, 0.3) is 0 Å². The zero-order chi connectivity index (χ0) is 12.7. The number of hydrogen-bond acceptors (Lipinski definition) is 4. The highest BCUT2D eigenvalue weighted by Gasteiger charge is 2.40. The van der Waals surface area contributed by atoms with Gasteiger partial charge in [0.2, 0.25) is 0 Å². The van der Waals surface area contributed by atoms with Gasteiger partial charge >= 0.3 is 5.97 Å². The number of methoxy groups -OCH3 is 1. The number of esters is 1. The molecule has 4 heteroatoms. The Labute approximate surface area is 104 Å². The molecule has 0 bridgehead atoms. The lowest BCUT2D eigenvalue weighted by Gasteiger charge is -2.40. The Kier molecular flexibility index (Phi) is 5.92. The second-order valence-corrected chi connectivity index (χ2v) is 5.11. The van der Waals surface area contributed by atoms with Gasteiger partial charge in [-0.05, 0) is 25.2 Å². The number of carbonyl (C=O) groups excluding carboxylic acids is 1. The van der Waals surface area contributed by atoms with Crippen LogP contribution in [-0.4, -0.2) is 38.5 Å². The SMILES string of the molecule is COC(=O)CC1(OCCOCC(C)C)CCC1. The summed E-state index contributed by atoms with van der Waals surface area (Å²) in [6, 6.07) is 0. The van der Waals surface area contributed by atoms with E-state index < -0.39 is 0 Å². The van der Waals surface area contributed by atoms with E-state index in [1.807, 2.05) is 0 Å². The van der Waals surface area contributed by atoms with Crippen LogP contribution in [0.1, 0.15) is 39.5 Å². The van der Waals surface area contributed by atoms with Crippen LogP contribution in [0.5, 0.6) is 0 Å². The fraction of sp³-hybridized carbons (Fsp3) is 0.923. The van der Waals surface area contributed by atoms with Gasteiger partial charge in [0.1, 0.15) is 0 Å². The third kappa shape index (κ3) is 5.04. The number of hydrogen-bond donors (Lipinski definition) is 0. The van der Waals surface area contributed by atoms with Gasteiger partial charge in [-0.3, -0.25) is 4.79 Å². The monoisotopic (exact) mass is 244 g/mol. The zero-order valence-electron chi connectivity index (χ0n) is 11.2. The lowest BCUT2D eigenvalue weighted by molar-refractivity contribution is -0.160. The van der Waals surface area contributed by atoms with E-state index in [1.54, 1.807) is 0 Å². The van der Waals surface area contributed by atoms with Gasteiger partial charge in [0, 0.05) is 6.61 Å². The van der Waals surface area contributed by atoms with Gasteiger partial charge in [-0.1, -0.05) is 13.8 Å². The number of rotatable bonds is 8. The third-order valence-electron chi connectivity index (χ3n) is 3.05. The second kappa shape index (κ2) is 6.97. The molecule has 0 spiro atoms. The van der Waals surface area contributed by atoms with Crippen LogP contribution in [0.25, 0.3) is 0 Å². The van der Waals surface area contributed by atoms with E-state index in [0.717, 1.165) is 25.9 Å². The molecule has 1 saturated carbocycles. The standard InChI is InChI=1S/C13H24O4/c1-11(2)10-16-7-8-17-13(5-4-6-13)9-12(14)15-3/h11H,4-10H2,1-3H3. The Balaban J connectivity index is 2.16. The molecule has 0 aromatic heterocycles. The molecule has 0 unspecified atom stereocenters.